The van der Waals surface area contributed by atoms with Crippen LogP contribution >= 0.6 is 13.5 Å². The Morgan fingerprint density at radius 2 is 0.923 bits per heavy atom. The zero-order valence-corrected chi connectivity index (χ0v) is 9.89. The summed E-state index contributed by atoms with van der Waals surface area (Å²) in [4.78, 5) is 0. The van der Waals surface area contributed by atoms with E-state index in [-0.39, 0.29) is 25.0 Å². The lowest BCUT2D eigenvalue weighted by atomic mass is 11.0. The molecule has 0 rings (SSSR count). The van der Waals surface area contributed by atoms with Crippen molar-refractivity contribution >= 4 is 33.7 Å². The van der Waals surface area contributed by atoms with Crippen LogP contribution in [0, 0.1) is 0 Å². The van der Waals surface area contributed by atoms with Crippen molar-refractivity contribution in [2.45, 2.75) is 13.8 Å². The van der Waals surface area contributed by atoms with Gasteiger partial charge in [0.05, 0.1) is 11.5 Å². The molecule has 0 aromatic heterocycles. The first kappa shape index (κ1) is 18.9. The van der Waals surface area contributed by atoms with Crippen LogP contribution in [0.5, 0.6) is 0 Å². The smallest absolute Gasteiger partial charge is 0.264 e. The molecule has 0 aliphatic carbocycles. The molecule has 13 heavy (non-hydrogen) atoms. The van der Waals surface area contributed by atoms with Crippen LogP contribution in [-0.4, -0.2) is 37.4 Å². The summed E-state index contributed by atoms with van der Waals surface area (Å²) in [5, 5.41) is 0. The fourth-order valence-corrected chi connectivity index (χ4v) is 0. The lowest BCUT2D eigenvalue weighted by molar-refractivity contribution is 0.482. The summed E-state index contributed by atoms with van der Waals surface area (Å²) in [5.41, 5.74) is 0. The molecule has 0 unspecified atom stereocenters. The van der Waals surface area contributed by atoms with E-state index in [1.54, 1.807) is 0 Å². The standard InChI is InChI=1S/2C2H6O3S.H2S/c2*1-2-6(3,4)5;/h2*2H2,1H3,(H,3,4,5);1H2. The van der Waals surface area contributed by atoms with Gasteiger partial charge in [-0.2, -0.15) is 30.3 Å². The maximum atomic E-state index is 9.56. The van der Waals surface area contributed by atoms with E-state index in [9.17, 15) is 16.8 Å². The highest BCUT2D eigenvalue weighted by Gasteiger charge is 1.93. The van der Waals surface area contributed by atoms with Gasteiger partial charge in [0.2, 0.25) is 0 Å². The maximum absolute atomic E-state index is 9.56. The number of hydrogen-bond acceptors (Lipinski definition) is 4. The maximum Gasteiger partial charge on any atom is 0.264 e. The van der Waals surface area contributed by atoms with E-state index in [0.717, 1.165) is 0 Å². The first-order valence-corrected chi connectivity index (χ1v) is 6.24. The highest BCUT2D eigenvalue weighted by molar-refractivity contribution is 7.85. The van der Waals surface area contributed by atoms with E-state index in [4.69, 9.17) is 9.11 Å². The van der Waals surface area contributed by atoms with Gasteiger partial charge in [-0.25, -0.2) is 0 Å². The second kappa shape index (κ2) is 7.56. The summed E-state index contributed by atoms with van der Waals surface area (Å²) < 4.78 is 53.8. The predicted octanol–water partition coefficient (Wildman–Crippen LogP) is -0.0990. The van der Waals surface area contributed by atoms with Crippen LogP contribution < -0.4 is 0 Å². The van der Waals surface area contributed by atoms with Crippen molar-refractivity contribution < 1.29 is 25.9 Å². The molecule has 0 aliphatic heterocycles. The van der Waals surface area contributed by atoms with Crippen molar-refractivity contribution in [3.8, 4) is 0 Å². The zero-order valence-electron chi connectivity index (χ0n) is 7.26. The van der Waals surface area contributed by atoms with E-state index in [1.807, 2.05) is 0 Å². The van der Waals surface area contributed by atoms with Crippen LogP contribution in [0.2, 0.25) is 0 Å². The Balaban J connectivity index is -0.000000143. The van der Waals surface area contributed by atoms with E-state index in [2.05, 4.69) is 0 Å². The second-order valence-electron chi connectivity index (χ2n) is 1.74. The molecule has 0 fully saturated rings. The average Bonchev–Trinajstić information content (AvgIpc) is 1.86. The van der Waals surface area contributed by atoms with Crippen LogP contribution in [0.3, 0.4) is 0 Å². The van der Waals surface area contributed by atoms with Gasteiger partial charge in [0.1, 0.15) is 0 Å². The molecule has 0 saturated carbocycles. The number of rotatable bonds is 2. The highest BCUT2D eigenvalue weighted by atomic mass is 32.2. The van der Waals surface area contributed by atoms with Gasteiger partial charge in [-0.05, 0) is 13.8 Å². The topological polar surface area (TPSA) is 109 Å². The summed E-state index contributed by atoms with van der Waals surface area (Å²) in [5.74, 6) is -0.403. The van der Waals surface area contributed by atoms with E-state index in [0.29, 0.717) is 0 Å². The van der Waals surface area contributed by atoms with E-state index in [1.165, 1.54) is 13.8 Å². The summed E-state index contributed by atoms with van der Waals surface area (Å²) in [7, 11) is -7.32. The van der Waals surface area contributed by atoms with Crippen molar-refractivity contribution in [2.75, 3.05) is 11.5 Å². The van der Waals surface area contributed by atoms with Crippen LogP contribution in [0.1, 0.15) is 13.8 Å². The SMILES string of the molecule is CCS(=O)(=O)O.CCS(=O)(=O)O.S. The molecule has 6 nitrogen and oxygen atoms in total. The van der Waals surface area contributed by atoms with Gasteiger partial charge in [-0.15, -0.1) is 0 Å². The average molecular weight is 254 g/mol. The van der Waals surface area contributed by atoms with Gasteiger partial charge >= 0.3 is 0 Å². The van der Waals surface area contributed by atoms with Crippen molar-refractivity contribution in [3.05, 3.63) is 0 Å². The van der Waals surface area contributed by atoms with Crippen molar-refractivity contribution in [1.29, 1.82) is 0 Å². The molecule has 0 aromatic carbocycles. The summed E-state index contributed by atoms with van der Waals surface area (Å²) in [6, 6.07) is 0. The van der Waals surface area contributed by atoms with Crippen LogP contribution in [0.25, 0.3) is 0 Å². The Kier molecular flexibility index (Phi) is 11.0. The summed E-state index contributed by atoms with van der Waals surface area (Å²) in [6.07, 6.45) is 0. The van der Waals surface area contributed by atoms with Crippen molar-refractivity contribution in [2.24, 2.45) is 0 Å². The van der Waals surface area contributed by atoms with Gasteiger partial charge in [-0.1, -0.05) is 0 Å². The Hall–Kier alpha value is 0.170. The third-order valence-electron chi connectivity index (χ3n) is 0.730. The van der Waals surface area contributed by atoms with Crippen molar-refractivity contribution in [3.63, 3.8) is 0 Å². The molecule has 0 spiro atoms. The van der Waals surface area contributed by atoms with Gasteiger partial charge in [0.25, 0.3) is 20.2 Å². The van der Waals surface area contributed by atoms with Gasteiger partial charge in [0, 0.05) is 0 Å². The summed E-state index contributed by atoms with van der Waals surface area (Å²) >= 11 is 0. The van der Waals surface area contributed by atoms with E-state index < -0.39 is 20.2 Å². The Morgan fingerprint density at radius 1 is 0.846 bits per heavy atom. The molecular weight excluding hydrogens is 240 g/mol. The third kappa shape index (κ3) is 33.1. The van der Waals surface area contributed by atoms with Gasteiger partial charge < -0.3 is 0 Å². The van der Waals surface area contributed by atoms with Crippen molar-refractivity contribution in [1.82, 2.24) is 0 Å². The molecule has 0 saturated heterocycles. The third-order valence-corrected chi connectivity index (χ3v) is 2.19. The molecular formula is C4H14O6S3. The van der Waals surface area contributed by atoms with Crippen LogP contribution in [0.4, 0.5) is 0 Å². The Morgan fingerprint density at radius 3 is 0.923 bits per heavy atom. The molecule has 84 valence electrons. The molecule has 0 bridgehead atoms. The minimum Gasteiger partial charge on any atom is -0.286 e. The molecule has 2 N–H and O–H groups in total. The normalized spacial score (nSPS) is 10.8. The minimum atomic E-state index is -3.66. The minimum absolute atomic E-state index is 0. The molecule has 0 radical (unpaired) electrons. The second-order valence-corrected chi connectivity index (χ2v) is 5.22. The quantitative estimate of drug-likeness (QED) is 0.666. The Labute approximate surface area is 85.3 Å². The molecule has 0 atom stereocenters. The van der Waals surface area contributed by atoms with Gasteiger partial charge in [0.15, 0.2) is 0 Å². The lowest BCUT2D eigenvalue weighted by Crippen LogP contribution is -1.97. The first-order chi connectivity index (χ1) is 5.12. The molecule has 0 amide bonds. The van der Waals surface area contributed by atoms with Crippen LogP contribution in [0.15, 0.2) is 0 Å². The number of hydrogen-bond donors (Lipinski definition) is 2. The van der Waals surface area contributed by atoms with Crippen LogP contribution in [-0.2, 0) is 20.2 Å². The predicted molar refractivity (Wildman–Crippen MR) is 54.6 cm³/mol. The molecule has 9 heteroatoms. The zero-order chi connectivity index (χ0) is 10.4. The van der Waals surface area contributed by atoms with Gasteiger partial charge in [-0.3, -0.25) is 9.11 Å². The molecule has 0 heterocycles. The highest BCUT2D eigenvalue weighted by Crippen LogP contribution is 1.74. The lowest BCUT2D eigenvalue weighted by Gasteiger charge is -1.79. The molecule has 0 aromatic rings. The largest absolute Gasteiger partial charge is 0.286 e. The fraction of sp³-hybridized carbons (Fsp3) is 1.00. The summed E-state index contributed by atoms with van der Waals surface area (Å²) in [6.45, 7) is 2.74. The monoisotopic (exact) mass is 254 g/mol. The Bertz CT molecular complexity index is 256. The first-order valence-electron chi connectivity index (χ1n) is 3.02. The molecule has 0 aliphatic rings. The van der Waals surface area contributed by atoms with E-state index >= 15 is 0 Å². The fourth-order valence-electron chi connectivity index (χ4n) is 0.